The Morgan fingerprint density at radius 1 is 1.19 bits per heavy atom. The number of anilines is 1. The molecule has 134 valence electrons. The number of halogens is 1. The predicted molar refractivity (Wildman–Crippen MR) is 99.8 cm³/mol. The van der Waals surface area contributed by atoms with Crippen LogP contribution in [0.3, 0.4) is 0 Å². The molecule has 0 radical (unpaired) electrons. The number of benzene rings is 2. The van der Waals surface area contributed by atoms with Crippen LogP contribution in [-0.4, -0.2) is 26.7 Å². The van der Waals surface area contributed by atoms with E-state index in [2.05, 4.69) is 5.32 Å². The van der Waals surface area contributed by atoms with Crippen LogP contribution >= 0.6 is 11.6 Å². The van der Waals surface area contributed by atoms with Gasteiger partial charge in [0.1, 0.15) is 23.3 Å². The fourth-order valence-electron chi connectivity index (χ4n) is 2.10. The minimum atomic E-state index is -0.336. The molecule has 0 saturated carbocycles. The van der Waals surface area contributed by atoms with Gasteiger partial charge in [0.25, 0.3) is 0 Å². The molecule has 0 fully saturated rings. The molecule has 0 unspecified atom stereocenters. The fraction of sp³-hybridized carbons (Fsp3) is 0.158. The van der Waals surface area contributed by atoms with Gasteiger partial charge in [0.15, 0.2) is 6.61 Å². The fourth-order valence-corrected chi connectivity index (χ4v) is 2.33. The Morgan fingerprint density at radius 3 is 2.50 bits per heavy atom. The molecule has 0 heterocycles. The average molecular weight is 373 g/mol. The van der Waals surface area contributed by atoms with E-state index in [-0.39, 0.29) is 12.5 Å². The Morgan fingerprint density at radius 2 is 1.88 bits per heavy atom. The highest BCUT2D eigenvalue weighted by Crippen LogP contribution is 2.35. The highest BCUT2D eigenvalue weighted by atomic mass is 35.5. The lowest BCUT2D eigenvalue weighted by Crippen LogP contribution is -2.09. The number of nitrogens with one attached hydrogen (secondary N) is 1. The number of methoxy groups -OCH3 is 2. The SMILES string of the molecule is COc1cc(NC(=O)/C=C/c2ccc(OCC#N)cc2)c(OC)cc1Cl. The van der Waals surface area contributed by atoms with E-state index in [4.69, 9.17) is 31.1 Å². The Hall–Kier alpha value is -3.17. The molecule has 0 aliphatic carbocycles. The number of nitrogens with zero attached hydrogens (tertiary/aromatic N) is 1. The molecule has 0 aliphatic rings. The van der Waals surface area contributed by atoms with Crippen LogP contribution in [-0.2, 0) is 4.79 Å². The average Bonchev–Trinajstić information content (AvgIpc) is 2.66. The maximum atomic E-state index is 12.2. The number of rotatable bonds is 7. The molecule has 0 saturated heterocycles. The molecule has 2 aromatic carbocycles. The van der Waals surface area contributed by atoms with E-state index in [1.807, 2.05) is 6.07 Å². The zero-order chi connectivity index (χ0) is 18.9. The largest absolute Gasteiger partial charge is 0.495 e. The minimum Gasteiger partial charge on any atom is -0.495 e. The molecular weight excluding hydrogens is 356 g/mol. The van der Waals surface area contributed by atoms with Crippen LogP contribution < -0.4 is 19.5 Å². The lowest BCUT2D eigenvalue weighted by molar-refractivity contribution is -0.111. The third kappa shape index (κ3) is 5.16. The molecule has 0 aromatic heterocycles. The third-order valence-corrected chi connectivity index (χ3v) is 3.64. The van der Waals surface area contributed by atoms with Crippen molar-refractivity contribution in [1.29, 1.82) is 5.26 Å². The topological polar surface area (TPSA) is 80.6 Å². The second kappa shape index (κ2) is 9.35. The molecule has 0 bridgehead atoms. The molecule has 1 amide bonds. The summed E-state index contributed by atoms with van der Waals surface area (Å²) in [5.41, 5.74) is 1.26. The van der Waals surface area contributed by atoms with E-state index < -0.39 is 0 Å². The Balaban J connectivity index is 2.06. The van der Waals surface area contributed by atoms with E-state index in [9.17, 15) is 4.79 Å². The first kappa shape index (κ1) is 19.2. The smallest absolute Gasteiger partial charge is 0.248 e. The van der Waals surface area contributed by atoms with Crippen LogP contribution in [0.5, 0.6) is 17.2 Å². The van der Waals surface area contributed by atoms with Crippen LogP contribution in [0.15, 0.2) is 42.5 Å². The second-order valence-corrected chi connectivity index (χ2v) is 5.43. The molecular formula is C19H17ClN2O4. The quantitative estimate of drug-likeness (QED) is 0.745. The van der Waals surface area contributed by atoms with Crippen LogP contribution in [0.2, 0.25) is 5.02 Å². The first-order chi connectivity index (χ1) is 12.6. The van der Waals surface area contributed by atoms with Gasteiger partial charge in [-0.25, -0.2) is 0 Å². The monoisotopic (exact) mass is 372 g/mol. The molecule has 0 spiro atoms. The van der Waals surface area contributed by atoms with Crippen molar-refractivity contribution in [2.45, 2.75) is 0 Å². The highest BCUT2D eigenvalue weighted by molar-refractivity contribution is 6.32. The number of hydrogen-bond acceptors (Lipinski definition) is 5. The summed E-state index contributed by atoms with van der Waals surface area (Å²) in [4.78, 5) is 12.2. The Kier molecular flexibility index (Phi) is 6.89. The van der Waals surface area contributed by atoms with Crippen molar-refractivity contribution in [1.82, 2.24) is 0 Å². The summed E-state index contributed by atoms with van der Waals surface area (Å²) >= 11 is 6.04. The highest BCUT2D eigenvalue weighted by Gasteiger charge is 2.11. The number of amides is 1. The lowest BCUT2D eigenvalue weighted by atomic mass is 10.2. The summed E-state index contributed by atoms with van der Waals surface area (Å²) in [7, 11) is 2.97. The summed E-state index contributed by atoms with van der Waals surface area (Å²) in [5, 5.41) is 11.6. The van der Waals surface area contributed by atoms with Crippen LogP contribution in [0.1, 0.15) is 5.56 Å². The van der Waals surface area contributed by atoms with Gasteiger partial charge in [-0.05, 0) is 23.8 Å². The van der Waals surface area contributed by atoms with Gasteiger partial charge >= 0.3 is 0 Å². The van der Waals surface area contributed by atoms with Crippen LogP contribution in [0.4, 0.5) is 5.69 Å². The van der Waals surface area contributed by atoms with Crippen molar-refractivity contribution in [2.24, 2.45) is 0 Å². The van der Waals surface area contributed by atoms with Crippen molar-refractivity contribution in [3.8, 4) is 23.3 Å². The molecule has 2 aromatic rings. The zero-order valence-electron chi connectivity index (χ0n) is 14.3. The summed E-state index contributed by atoms with van der Waals surface area (Å²) in [6, 6.07) is 12.1. The van der Waals surface area contributed by atoms with E-state index in [0.29, 0.717) is 28.0 Å². The van der Waals surface area contributed by atoms with Gasteiger partial charge in [-0.15, -0.1) is 0 Å². The molecule has 0 atom stereocenters. The van der Waals surface area contributed by atoms with E-state index in [1.54, 1.807) is 42.5 Å². The first-order valence-electron chi connectivity index (χ1n) is 7.57. The summed E-state index contributed by atoms with van der Waals surface area (Å²) in [6.45, 7) is -0.00994. The van der Waals surface area contributed by atoms with Crippen molar-refractivity contribution in [2.75, 3.05) is 26.1 Å². The number of ether oxygens (including phenoxy) is 3. The Bertz CT molecular complexity index is 842. The minimum absolute atomic E-state index is 0.00994. The normalized spacial score (nSPS) is 10.2. The second-order valence-electron chi connectivity index (χ2n) is 5.03. The zero-order valence-corrected chi connectivity index (χ0v) is 15.0. The van der Waals surface area contributed by atoms with E-state index >= 15 is 0 Å². The van der Waals surface area contributed by atoms with Crippen molar-refractivity contribution >= 4 is 29.3 Å². The maximum Gasteiger partial charge on any atom is 0.248 e. The van der Waals surface area contributed by atoms with Crippen LogP contribution in [0.25, 0.3) is 6.08 Å². The molecule has 26 heavy (non-hydrogen) atoms. The maximum absolute atomic E-state index is 12.2. The van der Waals surface area contributed by atoms with Gasteiger partial charge in [-0.1, -0.05) is 23.7 Å². The third-order valence-electron chi connectivity index (χ3n) is 3.34. The standard InChI is InChI=1S/C19H17ClN2O4/c1-24-17-12-16(18(25-2)11-15(17)20)22-19(23)8-5-13-3-6-14(7-4-13)26-10-9-21/h3-8,11-12H,10H2,1-2H3,(H,22,23)/b8-5+. The van der Waals surface area contributed by atoms with Gasteiger partial charge in [-0.3, -0.25) is 4.79 Å². The molecule has 1 N–H and O–H groups in total. The van der Waals surface area contributed by atoms with Crippen LogP contribution in [0, 0.1) is 11.3 Å². The number of nitriles is 1. The van der Waals surface area contributed by atoms with E-state index in [1.165, 1.54) is 20.3 Å². The Labute approximate surface area is 156 Å². The van der Waals surface area contributed by atoms with Gasteiger partial charge < -0.3 is 19.5 Å². The van der Waals surface area contributed by atoms with Gasteiger partial charge in [0, 0.05) is 18.2 Å². The summed E-state index contributed by atoms with van der Waals surface area (Å²) in [6.07, 6.45) is 3.05. The van der Waals surface area contributed by atoms with Crippen molar-refractivity contribution in [3.05, 3.63) is 53.1 Å². The van der Waals surface area contributed by atoms with Gasteiger partial charge in [-0.2, -0.15) is 5.26 Å². The summed E-state index contributed by atoms with van der Waals surface area (Å²) in [5.74, 6) is 1.11. The molecule has 6 nitrogen and oxygen atoms in total. The molecule has 7 heteroatoms. The van der Waals surface area contributed by atoms with E-state index in [0.717, 1.165) is 5.56 Å². The summed E-state index contributed by atoms with van der Waals surface area (Å²) < 4.78 is 15.5. The predicted octanol–water partition coefficient (Wildman–Crippen LogP) is 3.91. The first-order valence-corrected chi connectivity index (χ1v) is 7.95. The number of carbonyl (C=O) groups excluding carboxylic acids is 1. The van der Waals surface area contributed by atoms with Crippen molar-refractivity contribution in [3.63, 3.8) is 0 Å². The molecule has 2 rings (SSSR count). The number of hydrogen-bond donors (Lipinski definition) is 1. The van der Waals surface area contributed by atoms with Gasteiger partial charge in [0.2, 0.25) is 5.91 Å². The van der Waals surface area contributed by atoms with Gasteiger partial charge in [0.05, 0.1) is 24.9 Å². The van der Waals surface area contributed by atoms with Crippen molar-refractivity contribution < 1.29 is 19.0 Å². The number of carbonyl (C=O) groups is 1. The molecule has 0 aliphatic heterocycles. The lowest BCUT2D eigenvalue weighted by Gasteiger charge is -2.12.